The molecular formula is C50H86O6. The summed E-state index contributed by atoms with van der Waals surface area (Å²) in [5.41, 5.74) is 0. The Balaban J connectivity index is 4.44. The highest BCUT2D eigenvalue weighted by atomic mass is 16.6. The minimum Gasteiger partial charge on any atom is -0.462 e. The Hall–Kier alpha value is -2.89. The number of unbranched alkanes of at least 4 members (excludes halogenated alkanes) is 22. The van der Waals surface area contributed by atoms with Crippen LogP contribution in [-0.4, -0.2) is 37.2 Å². The third-order valence-electron chi connectivity index (χ3n) is 9.79. The first-order chi connectivity index (χ1) is 27.5. The van der Waals surface area contributed by atoms with Gasteiger partial charge in [0.25, 0.3) is 0 Å². The summed E-state index contributed by atoms with van der Waals surface area (Å²) in [4.78, 5) is 37.7. The van der Waals surface area contributed by atoms with Gasteiger partial charge in [0.2, 0.25) is 0 Å². The van der Waals surface area contributed by atoms with Gasteiger partial charge in [-0.05, 0) is 83.5 Å². The van der Waals surface area contributed by atoms with Crippen LogP contribution in [0.15, 0.2) is 60.8 Å². The summed E-state index contributed by atoms with van der Waals surface area (Å²) in [5, 5.41) is 0. The third kappa shape index (κ3) is 42.3. The number of ether oxygens (including phenoxy) is 3. The molecule has 0 N–H and O–H groups in total. The summed E-state index contributed by atoms with van der Waals surface area (Å²) < 4.78 is 16.7. The van der Waals surface area contributed by atoms with E-state index in [1.165, 1.54) is 77.0 Å². The van der Waals surface area contributed by atoms with E-state index in [-0.39, 0.29) is 31.1 Å². The van der Waals surface area contributed by atoms with Gasteiger partial charge in [0, 0.05) is 19.3 Å². The summed E-state index contributed by atoms with van der Waals surface area (Å²) in [6.07, 6.45) is 53.4. The largest absolute Gasteiger partial charge is 0.462 e. The summed E-state index contributed by atoms with van der Waals surface area (Å²) in [5.74, 6) is -0.941. The Labute approximate surface area is 345 Å². The number of hydrogen-bond donors (Lipinski definition) is 0. The van der Waals surface area contributed by atoms with Crippen molar-refractivity contribution < 1.29 is 28.6 Å². The molecule has 56 heavy (non-hydrogen) atoms. The molecule has 1 atom stereocenters. The second-order valence-electron chi connectivity index (χ2n) is 15.3. The van der Waals surface area contributed by atoms with Gasteiger partial charge in [0.05, 0.1) is 0 Å². The van der Waals surface area contributed by atoms with Crippen LogP contribution >= 0.6 is 0 Å². The second kappa shape index (κ2) is 44.8. The molecule has 0 bridgehead atoms. The van der Waals surface area contributed by atoms with Gasteiger partial charge in [-0.2, -0.15) is 0 Å². The lowest BCUT2D eigenvalue weighted by Gasteiger charge is -2.18. The highest BCUT2D eigenvalue weighted by molar-refractivity contribution is 5.71. The van der Waals surface area contributed by atoms with Crippen LogP contribution < -0.4 is 0 Å². The average molecular weight is 783 g/mol. The van der Waals surface area contributed by atoms with Gasteiger partial charge < -0.3 is 14.2 Å². The lowest BCUT2D eigenvalue weighted by Crippen LogP contribution is -2.30. The number of rotatable bonds is 41. The molecule has 1 unspecified atom stereocenters. The molecule has 322 valence electrons. The first-order valence-electron chi connectivity index (χ1n) is 23.3. The van der Waals surface area contributed by atoms with Crippen LogP contribution in [0.2, 0.25) is 0 Å². The van der Waals surface area contributed by atoms with Crippen molar-refractivity contribution in [3.63, 3.8) is 0 Å². The maximum atomic E-state index is 12.7. The van der Waals surface area contributed by atoms with Crippen molar-refractivity contribution in [1.29, 1.82) is 0 Å². The zero-order chi connectivity index (χ0) is 40.8. The molecule has 0 radical (unpaired) electrons. The van der Waals surface area contributed by atoms with E-state index in [9.17, 15) is 14.4 Å². The molecule has 0 aliphatic heterocycles. The fourth-order valence-corrected chi connectivity index (χ4v) is 6.24. The summed E-state index contributed by atoms with van der Waals surface area (Å²) in [6.45, 7) is 6.41. The van der Waals surface area contributed by atoms with Gasteiger partial charge in [0.15, 0.2) is 6.10 Å². The van der Waals surface area contributed by atoms with Crippen LogP contribution in [0, 0.1) is 0 Å². The quantitative estimate of drug-likeness (QED) is 0.0202. The summed E-state index contributed by atoms with van der Waals surface area (Å²) >= 11 is 0. The molecule has 0 rings (SSSR count). The van der Waals surface area contributed by atoms with Gasteiger partial charge in [-0.3, -0.25) is 14.4 Å². The second-order valence-corrected chi connectivity index (χ2v) is 15.3. The van der Waals surface area contributed by atoms with Crippen molar-refractivity contribution in [1.82, 2.24) is 0 Å². The van der Waals surface area contributed by atoms with Crippen molar-refractivity contribution in [3.8, 4) is 0 Å². The zero-order valence-corrected chi connectivity index (χ0v) is 36.6. The van der Waals surface area contributed by atoms with Gasteiger partial charge in [0.1, 0.15) is 13.2 Å². The minimum atomic E-state index is -0.791. The molecule has 0 aromatic carbocycles. The van der Waals surface area contributed by atoms with E-state index < -0.39 is 6.10 Å². The Morgan fingerprint density at radius 3 is 1.20 bits per heavy atom. The Morgan fingerprint density at radius 1 is 0.375 bits per heavy atom. The first kappa shape index (κ1) is 53.1. The van der Waals surface area contributed by atoms with Crippen LogP contribution in [0.1, 0.15) is 220 Å². The molecule has 0 amide bonds. The van der Waals surface area contributed by atoms with Gasteiger partial charge in [-0.25, -0.2) is 0 Å². The van der Waals surface area contributed by atoms with Crippen LogP contribution in [0.4, 0.5) is 0 Å². The molecule has 0 fully saturated rings. The molecule has 0 aromatic heterocycles. The molecule has 0 aliphatic rings. The third-order valence-corrected chi connectivity index (χ3v) is 9.79. The number of hydrogen-bond acceptors (Lipinski definition) is 6. The monoisotopic (exact) mass is 783 g/mol. The first-order valence-corrected chi connectivity index (χ1v) is 23.3. The molecule has 0 saturated heterocycles. The maximum Gasteiger partial charge on any atom is 0.306 e. The lowest BCUT2D eigenvalue weighted by atomic mass is 10.1. The predicted octanol–water partition coefficient (Wildman–Crippen LogP) is 14.9. The number of carbonyl (C=O) groups excluding carboxylic acids is 3. The van der Waals surface area contributed by atoms with Crippen molar-refractivity contribution in [2.75, 3.05) is 13.2 Å². The Morgan fingerprint density at radius 2 is 0.732 bits per heavy atom. The van der Waals surface area contributed by atoms with E-state index >= 15 is 0 Å². The van der Waals surface area contributed by atoms with Crippen molar-refractivity contribution in [2.45, 2.75) is 226 Å². The Kier molecular flexibility index (Phi) is 42.5. The number of carbonyl (C=O) groups is 3. The van der Waals surface area contributed by atoms with E-state index in [0.29, 0.717) is 19.3 Å². The summed E-state index contributed by atoms with van der Waals surface area (Å²) in [6, 6.07) is 0. The molecule has 0 heterocycles. The highest BCUT2D eigenvalue weighted by Crippen LogP contribution is 2.13. The molecule has 0 aromatic rings. The minimum absolute atomic E-state index is 0.0923. The SMILES string of the molecule is CC\C=C/C=C\C=C/CCCCCCCC(=O)OC(COC(=O)CCCCC/C=C\CCCCCCCCC)COC(=O)CCCCCCC/C=C\CCCC. The van der Waals surface area contributed by atoms with E-state index in [1.807, 2.05) is 0 Å². The molecular weight excluding hydrogens is 697 g/mol. The predicted molar refractivity (Wildman–Crippen MR) is 238 cm³/mol. The molecule has 0 saturated carbocycles. The van der Waals surface area contributed by atoms with E-state index in [1.54, 1.807) is 0 Å². The fraction of sp³-hybridized carbons (Fsp3) is 0.740. The normalized spacial score (nSPS) is 12.6. The Bertz CT molecular complexity index is 1040. The lowest BCUT2D eigenvalue weighted by molar-refractivity contribution is -0.167. The fourth-order valence-electron chi connectivity index (χ4n) is 6.24. The van der Waals surface area contributed by atoms with Crippen molar-refractivity contribution in [3.05, 3.63) is 60.8 Å². The molecule has 0 aliphatic carbocycles. The molecule has 6 nitrogen and oxygen atoms in total. The van der Waals surface area contributed by atoms with Crippen molar-refractivity contribution >= 4 is 17.9 Å². The molecule has 6 heteroatoms. The number of allylic oxidation sites excluding steroid dienone is 10. The smallest absolute Gasteiger partial charge is 0.306 e. The topological polar surface area (TPSA) is 78.9 Å². The van der Waals surface area contributed by atoms with Crippen LogP contribution in [0.5, 0.6) is 0 Å². The van der Waals surface area contributed by atoms with Crippen LogP contribution in [-0.2, 0) is 28.6 Å². The van der Waals surface area contributed by atoms with Crippen LogP contribution in [0.25, 0.3) is 0 Å². The van der Waals surface area contributed by atoms with Crippen LogP contribution in [0.3, 0.4) is 0 Å². The average Bonchev–Trinajstić information content (AvgIpc) is 3.19. The molecule has 0 spiro atoms. The van der Waals surface area contributed by atoms with E-state index in [0.717, 1.165) is 103 Å². The highest BCUT2D eigenvalue weighted by Gasteiger charge is 2.19. The number of esters is 3. The maximum absolute atomic E-state index is 12.7. The van der Waals surface area contributed by atoms with E-state index in [2.05, 4.69) is 81.5 Å². The van der Waals surface area contributed by atoms with Gasteiger partial charge in [-0.1, -0.05) is 178 Å². The standard InChI is InChI=1S/C50H86O6/c1-4-7-10-13-16-19-22-24-26-28-31-34-37-40-43-49(52)55-46-47(45-54-48(51)42-39-36-33-30-27-21-18-15-12-9-6-3)56-50(53)44-41-38-35-32-29-25-23-20-17-14-11-8-5-2/h8,11,14-15,17-18,20,23,26,28,47H,4-7,9-10,12-13,16,19,21-22,24-25,27,29-46H2,1-3H3/b11-8-,17-14-,18-15-,23-20-,28-26-. The van der Waals surface area contributed by atoms with Gasteiger partial charge in [-0.15, -0.1) is 0 Å². The summed E-state index contributed by atoms with van der Waals surface area (Å²) in [7, 11) is 0. The van der Waals surface area contributed by atoms with Gasteiger partial charge >= 0.3 is 17.9 Å². The van der Waals surface area contributed by atoms with E-state index in [4.69, 9.17) is 14.2 Å². The van der Waals surface area contributed by atoms with Crippen molar-refractivity contribution in [2.24, 2.45) is 0 Å². The zero-order valence-electron chi connectivity index (χ0n) is 36.6.